The molecule has 0 aliphatic carbocycles. The highest BCUT2D eigenvalue weighted by molar-refractivity contribution is 6.00. The van der Waals surface area contributed by atoms with Gasteiger partial charge in [-0.05, 0) is 45.2 Å². The van der Waals surface area contributed by atoms with Crippen LogP contribution in [0.4, 0.5) is 10.6 Å². The van der Waals surface area contributed by atoms with Crippen LogP contribution < -0.4 is 10.2 Å². The fraction of sp³-hybridized carbons (Fsp3) is 0.636. The maximum Gasteiger partial charge on any atom is 0.410 e. The Morgan fingerprint density at radius 1 is 1.13 bits per heavy atom. The Labute approximate surface area is 179 Å². The van der Waals surface area contributed by atoms with E-state index in [2.05, 4.69) is 15.2 Å². The Kier molecular flexibility index (Phi) is 8.20. The summed E-state index contributed by atoms with van der Waals surface area (Å²) in [4.78, 5) is 44.0. The van der Waals surface area contributed by atoms with Gasteiger partial charge in [0.25, 0.3) is 0 Å². The number of hydrogen-bond acceptors (Lipinski definition) is 6. The molecule has 166 valence electrons. The molecule has 1 N–H and O–H groups in total. The normalized spacial score (nSPS) is 20.0. The topological polar surface area (TPSA) is 91.8 Å². The van der Waals surface area contributed by atoms with Crippen molar-refractivity contribution in [3.63, 3.8) is 0 Å². The van der Waals surface area contributed by atoms with Crippen molar-refractivity contribution in [2.75, 3.05) is 31.1 Å². The lowest BCUT2D eigenvalue weighted by Gasteiger charge is -2.26. The van der Waals surface area contributed by atoms with Crippen LogP contribution in [0, 0.1) is 0 Å². The first kappa shape index (κ1) is 23.6. The van der Waals surface area contributed by atoms with Crippen molar-refractivity contribution in [1.82, 2.24) is 15.2 Å². The molecule has 3 amide bonds. The maximum atomic E-state index is 12.3. The number of rotatable bonds is 2. The van der Waals surface area contributed by atoms with Crippen molar-refractivity contribution < 1.29 is 19.1 Å². The number of piperidine rings is 1. The van der Waals surface area contributed by atoms with Crippen molar-refractivity contribution in [3.05, 3.63) is 23.9 Å². The molecule has 2 fully saturated rings. The predicted molar refractivity (Wildman–Crippen MR) is 115 cm³/mol. The molecule has 8 nitrogen and oxygen atoms in total. The standard InChI is InChI=1S/C20H28N4O4.C2H6/c1-20(2,3)28-19(27)24-10-4-9-23(11-12-24)16-7-5-14(13-21-16)15-6-8-17(25)22-18(15)26;1-2/h5,7,13,15H,4,6,8-12H2,1-3H3,(H,22,25,26);1-2H3. The monoisotopic (exact) mass is 418 g/mol. The van der Waals surface area contributed by atoms with Crippen LogP contribution in [-0.2, 0) is 14.3 Å². The molecule has 8 heteroatoms. The summed E-state index contributed by atoms with van der Waals surface area (Å²) in [6.45, 7) is 12.3. The van der Waals surface area contributed by atoms with Crippen LogP contribution >= 0.6 is 0 Å². The number of pyridine rings is 1. The predicted octanol–water partition coefficient (Wildman–Crippen LogP) is 3.08. The Morgan fingerprint density at radius 2 is 1.87 bits per heavy atom. The van der Waals surface area contributed by atoms with Crippen LogP contribution in [0.3, 0.4) is 0 Å². The quantitative estimate of drug-likeness (QED) is 0.742. The SMILES string of the molecule is CC.CC(C)(C)OC(=O)N1CCCN(c2ccc(C3CCC(=O)NC3=O)cn2)CC1. The molecule has 1 atom stereocenters. The number of amides is 3. The van der Waals surface area contributed by atoms with E-state index in [0.29, 0.717) is 32.5 Å². The van der Waals surface area contributed by atoms with E-state index in [-0.39, 0.29) is 23.8 Å². The molecule has 1 unspecified atom stereocenters. The van der Waals surface area contributed by atoms with Crippen molar-refractivity contribution >= 4 is 23.7 Å². The summed E-state index contributed by atoms with van der Waals surface area (Å²) in [6, 6.07) is 3.81. The van der Waals surface area contributed by atoms with Gasteiger partial charge in [0, 0.05) is 38.8 Å². The molecule has 30 heavy (non-hydrogen) atoms. The number of carbonyl (C=O) groups excluding carboxylic acids is 3. The molecule has 0 aromatic carbocycles. The van der Waals surface area contributed by atoms with Crippen LogP contribution in [0.2, 0.25) is 0 Å². The van der Waals surface area contributed by atoms with Gasteiger partial charge in [-0.1, -0.05) is 19.9 Å². The second-order valence-electron chi connectivity index (χ2n) is 8.26. The lowest BCUT2D eigenvalue weighted by atomic mass is 9.92. The number of ether oxygens (including phenoxy) is 1. The van der Waals surface area contributed by atoms with E-state index in [0.717, 1.165) is 24.3 Å². The molecule has 2 saturated heterocycles. The van der Waals surface area contributed by atoms with Crippen LogP contribution in [0.25, 0.3) is 0 Å². The first-order valence-electron chi connectivity index (χ1n) is 10.8. The molecule has 0 radical (unpaired) electrons. The largest absolute Gasteiger partial charge is 0.444 e. The van der Waals surface area contributed by atoms with E-state index in [4.69, 9.17) is 4.74 Å². The average molecular weight is 419 g/mol. The van der Waals surface area contributed by atoms with Gasteiger partial charge in [-0.2, -0.15) is 0 Å². The summed E-state index contributed by atoms with van der Waals surface area (Å²) in [5, 5.41) is 2.38. The van der Waals surface area contributed by atoms with E-state index >= 15 is 0 Å². The third kappa shape index (κ3) is 6.43. The number of carbonyl (C=O) groups is 3. The fourth-order valence-corrected chi connectivity index (χ4v) is 3.46. The molecular weight excluding hydrogens is 384 g/mol. The zero-order valence-corrected chi connectivity index (χ0v) is 18.7. The Bertz CT molecular complexity index is 742. The molecule has 1 aromatic heterocycles. The molecular formula is C22H34N4O4. The second-order valence-corrected chi connectivity index (χ2v) is 8.26. The van der Waals surface area contributed by atoms with Gasteiger partial charge in [0.1, 0.15) is 11.4 Å². The van der Waals surface area contributed by atoms with Crippen molar-refractivity contribution in [2.24, 2.45) is 0 Å². The molecule has 2 aliphatic heterocycles. The summed E-state index contributed by atoms with van der Waals surface area (Å²) in [6.07, 6.45) is 3.13. The van der Waals surface area contributed by atoms with Crippen LogP contribution in [-0.4, -0.2) is 59.6 Å². The van der Waals surface area contributed by atoms with Crippen molar-refractivity contribution in [2.45, 2.75) is 65.4 Å². The van der Waals surface area contributed by atoms with E-state index in [9.17, 15) is 14.4 Å². The first-order valence-corrected chi connectivity index (χ1v) is 10.8. The lowest BCUT2D eigenvalue weighted by Crippen LogP contribution is -2.39. The number of anilines is 1. The van der Waals surface area contributed by atoms with Gasteiger partial charge >= 0.3 is 6.09 Å². The van der Waals surface area contributed by atoms with Gasteiger partial charge in [-0.3, -0.25) is 14.9 Å². The molecule has 0 spiro atoms. The highest BCUT2D eigenvalue weighted by atomic mass is 16.6. The number of nitrogens with zero attached hydrogens (tertiary/aromatic N) is 3. The van der Waals surface area contributed by atoms with Gasteiger partial charge in [0.05, 0.1) is 5.92 Å². The van der Waals surface area contributed by atoms with E-state index in [1.165, 1.54) is 0 Å². The van der Waals surface area contributed by atoms with Crippen molar-refractivity contribution in [1.29, 1.82) is 0 Å². The zero-order valence-electron chi connectivity index (χ0n) is 18.7. The molecule has 1 aromatic rings. The van der Waals surface area contributed by atoms with Gasteiger partial charge in [-0.25, -0.2) is 9.78 Å². The average Bonchev–Trinajstić information content (AvgIpc) is 2.95. The van der Waals surface area contributed by atoms with Gasteiger partial charge in [0.15, 0.2) is 0 Å². The smallest absolute Gasteiger partial charge is 0.410 e. The summed E-state index contributed by atoms with van der Waals surface area (Å²) < 4.78 is 5.47. The maximum absolute atomic E-state index is 12.3. The Balaban J connectivity index is 0.00000155. The van der Waals surface area contributed by atoms with Crippen LogP contribution in [0.1, 0.15) is 65.4 Å². The molecule has 0 bridgehead atoms. The molecule has 3 rings (SSSR count). The number of aromatic nitrogens is 1. The summed E-state index contributed by atoms with van der Waals surface area (Å²) in [5.41, 5.74) is 0.315. The summed E-state index contributed by atoms with van der Waals surface area (Å²) in [7, 11) is 0. The molecule has 2 aliphatic rings. The van der Waals surface area contributed by atoms with Crippen LogP contribution in [0.5, 0.6) is 0 Å². The highest BCUT2D eigenvalue weighted by Crippen LogP contribution is 2.25. The minimum absolute atomic E-state index is 0.218. The van der Waals surface area contributed by atoms with Gasteiger partial charge in [-0.15, -0.1) is 0 Å². The lowest BCUT2D eigenvalue weighted by molar-refractivity contribution is -0.134. The third-order valence-electron chi connectivity index (χ3n) is 4.88. The Morgan fingerprint density at radius 3 is 2.47 bits per heavy atom. The minimum Gasteiger partial charge on any atom is -0.444 e. The number of nitrogens with one attached hydrogen (secondary N) is 1. The second kappa shape index (κ2) is 10.4. The number of imide groups is 1. The first-order chi connectivity index (χ1) is 14.2. The highest BCUT2D eigenvalue weighted by Gasteiger charge is 2.29. The molecule has 0 saturated carbocycles. The molecule has 3 heterocycles. The zero-order chi connectivity index (χ0) is 22.3. The number of hydrogen-bond donors (Lipinski definition) is 1. The van der Waals surface area contributed by atoms with Crippen molar-refractivity contribution in [3.8, 4) is 0 Å². The minimum atomic E-state index is -0.503. The van der Waals surface area contributed by atoms with E-state index < -0.39 is 5.60 Å². The Hall–Kier alpha value is -2.64. The van der Waals surface area contributed by atoms with Gasteiger partial charge in [0.2, 0.25) is 11.8 Å². The van der Waals surface area contributed by atoms with Crippen LogP contribution in [0.15, 0.2) is 18.3 Å². The van der Waals surface area contributed by atoms with Gasteiger partial charge < -0.3 is 14.5 Å². The summed E-state index contributed by atoms with van der Waals surface area (Å²) >= 11 is 0. The van der Waals surface area contributed by atoms with E-state index in [1.807, 2.05) is 46.8 Å². The van der Waals surface area contributed by atoms with E-state index in [1.54, 1.807) is 11.1 Å². The summed E-state index contributed by atoms with van der Waals surface area (Å²) in [5.74, 6) is 0.0200. The fourth-order valence-electron chi connectivity index (χ4n) is 3.46. The third-order valence-corrected chi connectivity index (χ3v) is 4.88.